The zero-order valence-corrected chi connectivity index (χ0v) is 10.2. The van der Waals surface area contributed by atoms with E-state index in [0.29, 0.717) is 19.2 Å². The normalized spacial score (nSPS) is 20.9. The summed E-state index contributed by atoms with van der Waals surface area (Å²) in [7, 11) is 0. The molecule has 5 heteroatoms. The number of ketones is 1. The van der Waals surface area contributed by atoms with Crippen LogP contribution >= 0.6 is 0 Å². The molecule has 0 bridgehead atoms. The van der Waals surface area contributed by atoms with Crippen LogP contribution in [0.15, 0.2) is 18.2 Å². The molecule has 98 valence electrons. The summed E-state index contributed by atoms with van der Waals surface area (Å²) < 4.78 is 31.6. The topological polar surface area (TPSA) is 29.5 Å². The lowest BCUT2D eigenvalue weighted by Gasteiger charge is -2.31. The van der Waals surface area contributed by atoms with Crippen molar-refractivity contribution in [3.63, 3.8) is 0 Å². The Balaban J connectivity index is 2.15. The van der Waals surface area contributed by atoms with Gasteiger partial charge in [0.2, 0.25) is 0 Å². The molecular formula is C13H15F2NO2. The van der Waals surface area contributed by atoms with Crippen LogP contribution in [0.1, 0.15) is 17.3 Å². The van der Waals surface area contributed by atoms with Gasteiger partial charge in [0.25, 0.3) is 0 Å². The van der Waals surface area contributed by atoms with Crippen molar-refractivity contribution in [2.24, 2.45) is 0 Å². The summed E-state index contributed by atoms with van der Waals surface area (Å²) in [4.78, 5) is 14.1. The van der Waals surface area contributed by atoms with E-state index in [9.17, 15) is 13.6 Å². The molecule has 0 spiro atoms. The Hall–Kier alpha value is -1.33. The van der Waals surface area contributed by atoms with Gasteiger partial charge in [-0.1, -0.05) is 6.92 Å². The Bertz CT molecular complexity index is 451. The summed E-state index contributed by atoms with van der Waals surface area (Å²) in [5.74, 6) is -1.95. The highest BCUT2D eigenvalue weighted by molar-refractivity contribution is 5.99. The second kappa shape index (κ2) is 5.54. The molecule has 0 radical (unpaired) electrons. The first-order valence-electron chi connectivity index (χ1n) is 5.95. The van der Waals surface area contributed by atoms with Gasteiger partial charge < -0.3 is 4.74 Å². The van der Waals surface area contributed by atoms with Gasteiger partial charge in [-0.2, -0.15) is 0 Å². The van der Waals surface area contributed by atoms with Crippen molar-refractivity contribution < 1.29 is 18.3 Å². The maximum absolute atomic E-state index is 13.5. The summed E-state index contributed by atoms with van der Waals surface area (Å²) >= 11 is 0. The molecule has 1 heterocycles. The second-order valence-electron chi connectivity index (χ2n) is 4.24. The first kappa shape index (κ1) is 13.1. The maximum Gasteiger partial charge on any atom is 0.195 e. The number of benzene rings is 1. The van der Waals surface area contributed by atoms with Crippen molar-refractivity contribution in [2.75, 3.05) is 26.2 Å². The third-order valence-electron chi connectivity index (χ3n) is 3.09. The number of likely N-dealkylation sites (N-methyl/N-ethyl adjacent to an activating group) is 1. The lowest BCUT2D eigenvalue weighted by molar-refractivity contribution is -0.0150. The van der Waals surface area contributed by atoms with Crippen LogP contribution in [-0.2, 0) is 4.74 Å². The molecule has 1 fully saturated rings. The van der Waals surface area contributed by atoms with Crippen LogP contribution in [-0.4, -0.2) is 43.0 Å². The molecular weight excluding hydrogens is 240 g/mol. The number of carbonyl (C=O) groups is 1. The minimum absolute atomic E-state index is 0.112. The minimum Gasteiger partial charge on any atom is -0.367 e. The van der Waals surface area contributed by atoms with Gasteiger partial charge in [0.1, 0.15) is 17.7 Å². The standard InChI is InChI=1S/C13H15F2NO2/c1-2-16-5-6-18-12(8-16)13(17)10-4-3-9(14)7-11(10)15/h3-4,7,12H,2,5-6,8H2,1H3. The molecule has 1 aliphatic rings. The van der Waals surface area contributed by atoms with E-state index in [2.05, 4.69) is 4.90 Å². The number of ether oxygens (including phenoxy) is 1. The molecule has 1 unspecified atom stereocenters. The van der Waals surface area contributed by atoms with Crippen LogP contribution in [0.5, 0.6) is 0 Å². The lowest BCUT2D eigenvalue weighted by atomic mass is 10.0. The van der Waals surface area contributed by atoms with Crippen LogP contribution in [0.3, 0.4) is 0 Å². The largest absolute Gasteiger partial charge is 0.367 e. The molecule has 0 saturated carbocycles. The summed E-state index contributed by atoms with van der Waals surface area (Å²) in [5.41, 5.74) is -0.112. The van der Waals surface area contributed by atoms with E-state index in [-0.39, 0.29) is 5.56 Å². The van der Waals surface area contributed by atoms with E-state index < -0.39 is 23.5 Å². The molecule has 2 rings (SSSR count). The van der Waals surface area contributed by atoms with Crippen LogP contribution in [0.4, 0.5) is 8.78 Å². The number of Topliss-reactive ketones (excluding diaryl/α,β-unsaturated/α-hetero) is 1. The molecule has 1 aliphatic heterocycles. The minimum atomic E-state index is -0.836. The van der Waals surface area contributed by atoms with Gasteiger partial charge in [-0.05, 0) is 18.7 Å². The number of rotatable bonds is 3. The van der Waals surface area contributed by atoms with Gasteiger partial charge in [0, 0.05) is 19.2 Å². The summed E-state index contributed by atoms with van der Waals surface area (Å²) in [5, 5.41) is 0. The molecule has 3 nitrogen and oxygen atoms in total. The van der Waals surface area contributed by atoms with Gasteiger partial charge in [-0.3, -0.25) is 9.69 Å². The molecule has 0 amide bonds. The first-order chi connectivity index (χ1) is 8.61. The molecule has 0 N–H and O–H groups in total. The average molecular weight is 255 g/mol. The quantitative estimate of drug-likeness (QED) is 0.772. The van der Waals surface area contributed by atoms with Gasteiger partial charge in [-0.25, -0.2) is 8.78 Å². The number of morpholine rings is 1. The highest BCUT2D eigenvalue weighted by Gasteiger charge is 2.28. The van der Waals surface area contributed by atoms with Crippen LogP contribution in [0.25, 0.3) is 0 Å². The number of hydrogen-bond acceptors (Lipinski definition) is 3. The molecule has 1 aromatic rings. The van der Waals surface area contributed by atoms with Gasteiger partial charge in [0.05, 0.1) is 12.2 Å². The summed E-state index contributed by atoms with van der Waals surface area (Å²) in [6.45, 7) is 4.48. The number of carbonyl (C=O) groups excluding carboxylic acids is 1. The van der Waals surface area contributed by atoms with Crippen LogP contribution < -0.4 is 0 Å². The zero-order chi connectivity index (χ0) is 13.1. The van der Waals surface area contributed by atoms with Crippen molar-refractivity contribution in [1.82, 2.24) is 4.90 Å². The fraction of sp³-hybridized carbons (Fsp3) is 0.462. The SMILES string of the molecule is CCN1CCOC(C(=O)c2ccc(F)cc2F)C1. The number of hydrogen-bond donors (Lipinski definition) is 0. The first-order valence-corrected chi connectivity index (χ1v) is 5.95. The van der Waals surface area contributed by atoms with Crippen molar-refractivity contribution in [2.45, 2.75) is 13.0 Å². The fourth-order valence-corrected chi connectivity index (χ4v) is 2.01. The Kier molecular flexibility index (Phi) is 4.04. The van der Waals surface area contributed by atoms with E-state index in [1.165, 1.54) is 6.07 Å². The Labute approximate surface area is 104 Å². The summed E-state index contributed by atoms with van der Waals surface area (Å²) in [6, 6.07) is 2.96. The summed E-state index contributed by atoms with van der Waals surface area (Å²) in [6.07, 6.45) is -0.668. The molecule has 1 aromatic carbocycles. The van der Waals surface area contributed by atoms with Crippen LogP contribution in [0.2, 0.25) is 0 Å². The molecule has 1 atom stereocenters. The molecule has 0 aromatic heterocycles. The van der Waals surface area contributed by atoms with E-state index >= 15 is 0 Å². The zero-order valence-electron chi connectivity index (χ0n) is 10.2. The van der Waals surface area contributed by atoms with Crippen molar-refractivity contribution in [3.05, 3.63) is 35.4 Å². The van der Waals surface area contributed by atoms with Gasteiger partial charge >= 0.3 is 0 Å². The fourth-order valence-electron chi connectivity index (χ4n) is 2.01. The van der Waals surface area contributed by atoms with Crippen molar-refractivity contribution in [1.29, 1.82) is 0 Å². The number of halogens is 2. The predicted octanol–water partition coefficient (Wildman–Crippen LogP) is 1.87. The Morgan fingerprint density at radius 2 is 2.28 bits per heavy atom. The van der Waals surface area contributed by atoms with Gasteiger partial charge in [-0.15, -0.1) is 0 Å². The highest BCUT2D eigenvalue weighted by Crippen LogP contribution is 2.15. The lowest BCUT2D eigenvalue weighted by Crippen LogP contribution is -2.46. The Morgan fingerprint density at radius 3 is 2.94 bits per heavy atom. The highest BCUT2D eigenvalue weighted by atomic mass is 19.1. The van der Waals surface area contributed by atoms with E-state index in [0.717, 1.165) is 19.2 Å². The van der Waals surface area contributed by atoms with Gasteiger partial charge in [0.15, 0.2) is 5.78 Å². The van der Waals surface area contributed by atoms with E-state index in [1.54, 1.807) is 0 Å². The average Bonchev–Trinajstić information content (AvgIpc) is 2.38. The van der Waals surface area contributed by atoms with Crippen LogP contribution in [0, 0.1) is 11.6 Å². The maximum atomic E-state index is 13.5. The van der Waals surface area contributed by atoms with Crippen molar-refractivity contribution in [3.8, 4) is 0 Å². The van der Waals surface area contributed by atoms with Crippen molar-refractivity contribution >= 4 is 5.78 Å². The molecule has 1 saturated heterocycles. The second-order valence-corrected chi connectivity index (χ2v) is 4.24. The monoisotopic (exact) mass is 255 g/mol. The third kappa shape index (κ3) is 2.73. The molecule has 18 heavy (non-hydrogen) atoms. The number of nitrogens with zero attached hydrogens (tertiary/aromatic N) is 1. The molecule has 0 aliphatic carbocycles. The van der Waals surface area contributed by atoms with E-state index in [1.807, 2.05) is 6.92 Å². The Morgan fingerprint density at radius 1 is 1.50 bits per heavy atom. The predicted molar refractivity (Wildman–Crippen MR) is 62.5 cm³/mol. The third-order valence-corrected chi connectivity index (χ3v) is 3.09. The van der Waals surface area contributed by atoms with E-state index in [4.69, 9.17) is 4.74 Å². The smallest absolute Gasteiger partial charge is 0.195 e.